The Balaban J connectivity index is 2.19. The first kappa shape index (κ1) is 20.7. The van der Waals surface area contributed by atoms with Gasteiger partial charge >= 0.3 is 12.3 Å². The highest BCUT2D eigenvalue weighted by Crippen LogP contribution is 2.38. The molecule has 0 heterocycles. The zero-order chi connectivity index (χ0) is 20.2. The highest BCUT2D eigenvalue weighted by molar-refractivity contribution is 6.31. The molecular formula is C16H12ClF5N2O3. The maximum Gasteiger partial charge on any atom is 0.421 e. The van der Waals surface area contributed by atoms with Crippen LogP contribution in [-0.2, 0) is 17.3 Å². The Bertz CT molecular complexity index is 822. The van der Waals surface area contributed by atoms with E-state index in [1.807, 2.05) is 0 Å². The molecule has 0 bridgehead atoms. The molecule has 0 spiro atoms. The third-order valence-corrected chi connectivity index (χ3v) is 3.59. The van der Waals surface area contributed by atoms with Crippen molar-refractivity contribution in [3.63, 3.8) is 0 Å². The Morgan fingerprint density at radius 3 is 2.33 bits per heavy atom. The van der Waals surface area contributed by atoms with Gasteiger partial charge in [-0.15, -0.1) is 0 Å². The number of nitrogens with two attached hydrogens (primary N) is 1. The van der Waals surface area contributed by atoms with Crippen LogP contribution in [0, 0.1) is 11.6 Å². The summed E-state index contributed by atoms with van der Waals surface area (Å²) in [6.07, 6.45) is -5.70. The van der Waals surface area contributed by atoms with E-state index in [9.17, 15) is 26.7 Å². The van der Waals surface area contributed by atoms with Gasteiger partial charge in [0, 0.05) is 6.42 Å². The molecule has 1 amide bonds. The van der Waals surface area contributed by atoms with Crippen LogP contribution in [0.3, 0.4) is 0 Å². The summed E-state index contributed by atoms with van der Waals surface area (Å²) in [6.45, 7) is -0.200. The number of alkyl halides is 3. The largest absolute Gasteiger partial charge is 0.451 e. The molecule has 0 aromatic heterocycles. The molecular weight excluding hydrogens is 399 g/mol. The number of ether oxygens (including phenoxy) is 2. The first-order valence-electron chi connectivity index (χ1n) is 7.27. The molecule has 0 saturated heterocycles. The van der Waals surface area contributed by atoms with Crippen LogP contribution >= 0.6 is 11.6 Å². The molecule has 3 N–H and O–H groups in total. The lowest BCUT2D eigenvalue weighted by Gasteiger charge is -2.13. The van der Waals surface area contributed by atoms with Crippen LogP contribution in [0.2, 0.25) is 5.02 Å². The monoisotopic (exact) mass is 410 g/mol. The van der Waals surface area contributed by atoms with E-state index in [0.29, 0.717) is 6.07 Å². The standard InChI is InChI=1S/C16H12ClF5N2O3/c17-11-2-1-9(7-10(11)16(20,21)22)27-14-12(18)5-8(6-13(14)19)3-4-26-15(25)24-23/h1-2,5-7H,3-4,23H2,(H,24,25). The van der Waals surface area contributed by atoms with Crippen LogP contribution in [-0.4, -0.2) is 12.7 Å². The predicted molar refractivity (Wildman–Crippen MR) is 85.3 cm³/mol. The van der Waals surface area contributed by atoms with E-state index in [-0.39, 0.29) is 18.6 Å². The molecule has 2 aromatic carbocycles. The molecule has 0 fully saturated rings. The Labute approximate surface area is 154 Å². The van der Waals surface area contributed by atoms with Crippen molar-refractivity contribution in [2.45, 2.75) is 12.6 Å². The predicted octanol–water partition coefficient (Wildman–Crippen LogP) is 4.57. The smallest absolute Gasteiger partial charge is 0.421 e. The van der Waals surface area contributed by atoms with Crippen LogP contribution in [0.15, 0.2) is 30.3 Å². The third kappa shape index (κ3) is 5.44. The molecule has 27 heavy (non-hydrogen) atoms. The second-order valence-corrected chi connectivity index (χ2v) is 5.57. The number of nitrogens with one attached hydrogen (secondary N) is 1. The molecule has 2 rings (SSSR count). The molecule has 0 aliphatic carbocycles. The number of benzene rings is 2. The van der Waals surface area contributed by atoms with Crippen LogP contribution in [0.1, 0.15) is 11.1 Å². The second-order valence-electron chi connectivity index (χ2n) is 5.16. The van der Waals surface area contributed by atoms with Gasteiger partial charge in [-0.3, -0.25) is 5.43 Å². The number of amides is 1. The lowest BCUT2D eigenvalue weighted by Crippen LogP contribution is -2.31. The lowest BCUT2D eigenvalue weighted by molar-refractivity contribution is -0.137. The molecule has 0 saturated carbocycles. The van der Waals surface area contributed by atoms with Gasteiger partial charge in [-0.25, -0.2) is 19.4 Å². The zero-order valence-electron chi connectivity index (χ0n) is 13.4. The highest BCUT2D eigenvalue weighted by Gasteiger charge is 2.33. The summed E-state index contributed by atoms with van der Waals surface area (Å²) in [4.78, 5) is 10.8. The van der Waals surface area contributed by atoms with Crippen LogP contribution < -0.4 is 16.0 Å². The summed E-state index contributed by atoms with van der Waals surface area (Å²) in [7, 11) is 0. The molecule has 0 radical (unpaired) electrons. The van der Waals surface area contributed by atoms with Crippen molar-refractivity contribution in [1.29, 1.82) is 0 Å². The van der Waals surface area contributed by atoms with Crippen LogP contribution in [0.25, 0.3) is 0 Å². The maximum absolute atomic E-state index is 14.1. The van der Waals surface area contributed by atoms with E-state index in [2.05, 4.69) is 4.74 Å². The van der Waals surface area contributed by atoms with Crippen molar-refractivity contribution >= 4 is 17.7 Å². The number of rotatable bonds is 5. The fourth-order valence-electron chi connectivity index (χ4n) is 2.06. The normalized spacial score (nSPS) is 11.2. The van der Waals surface area contributed by atoms with E-state index in [0.717, 1.165) is 24.3 Å². The molecule has 0 atom stereocenters. The van der Waals surface area contributed by atoms with E-state index >= 15 is 0 Å². The Morgan fingerprint density at radius 2 is 1.78 bits per heavy atom. The van der Waals surface area contributed by atoms with Gasteiger partial charge in [-0.05, 0) is 35.9 Å². The summed E-state index contributed by atoms with van der Waals surface area (Å²) in [5.74, 6) is 1.19. The van der Waals surface area contributed by atoms with E-state index in [1.165, 1.54) is 0 Å². The maximum atomic E-state index is 14.1. The van der Waals surface area contributed by atoms with Crippen molar-refractivity contribution in [3.05, 3.63) is 58.1 Å². The van der Waals surface area contributed by atoms with Gasteiger partial charge < -0.3 is 9.47 Å². The fraction of sp³-hybridized carbons (Fsp3) is 0.188. The number of carbonyl (C=O) groups excluding carboxylic acids is 1. The quantitative estimate of drug-likeness (QED) is 0.328. The Kier molecular flexibility index (Phi) is 6.45. The van der Waals surface area contributed by atoms with E-state index in [4.69, 9.17) is 22.2 Å². The molecule has 146 valence electrons. The molecule has 0 aliphatic rings. The minimum absolute atomic E-state index is 0.0271. The Morgan fingerprint density at radius 1 is 1.15 bits per heavy atom. The van der Waals surface area contributed by atoms with Crippen LogP contribution in [0.5, 0.6) is 11.5 Å². The molecule has 5 nitrogen and oxygen atoms in total. The van der Waals surface area contributed by atoms with Gasteiger partial charge in [0.25, 0.3) is 0 Å². The van der Waals surface area contributed by atoms with Crippen molar-refractivity contribution in [1.82, 2.24) is 5.43 Å². The fourth-order valence-corrected chi connectivity index (χ4v) is 2.29. The summed E-state index contributed by atoms with van der Waals surface area (Å²) in [6, 6.07) is 4.30. The third-order valence-electron chi connectivity index (χ3n) is 3.26. The minimum Gasteiger partial charge on any atom is -0.451 e. The number of halogens is 6. The van der Waals surface area contributed by atoms with Gasteiger partial charge in [-0.2, -0.15) is 13.2 Å². The molecule has 11 heteroatoms. The minimum atomic E-state index is -4.76. The van der Waals surface area contributed by atoms with E-state index < -0.39 is 46.0 Å². The van der Waals surface area contributed by atoms with Crippen molar-refractivity contribution in [3.8, 4) is 11.5 Å². The molecule has 0 aliphatic heterocycles. The zero-order valence-corrected chi connectivity index (χ0v) is 14.1. The summed E-state index contributed by atoms with van der Waals surface area (Å²) < 4.78 is 76.3. The first-order valence-corrected chi connectivity index (χ1v) is 7.65. The van der Waals surface area contributed by atoms with E-state index in [1.54, 1.807) is 5.43 Å². The van der Waals surface area contributed by atoms with Gasteiger partial charge in [0.1, 0.15) is 5.75 Å². The number of hydrogen-bond acceptors (Lipinski definition) is 4. The summed E-state index contributed by atoms with van der Waals surface area (Å²) in [5.41, 5.74) is 0.645. The van der Waals surface area contributed by atoms with Crippen molar-refractivity contribution < 1.29 is 36.2 Å². The summed E-state index contributed by atoms with van der Waals surface area (Å²) >= 11 is 5.48. The molecule has 0 unspecified atom stereocenters. The number of carbonyl (C=O) groups is 1. The summed E-state index contributed by atoms with van der Waals surface area (Å²) in [5, 5.41) is -0.576. The highest BCUT2D eigenvalue weighted by atomic mass is 35.5. The van der Waals surface area contributed by atoms with Gasteiger partial charge in [-0.1, -0.05) is 11.6 Å². The average molecular weight is 411 g/mol. The van der Waals surface area contributed by atoms with Gasteiger partial charge in [0.15, 0.2) is 17.4 Å². The first-order chi connectivity index (χ1) is 12.6. The van der Waals surface area contributed by atoms with Gasteiger partial charge in [0.2, 0.25) is 0 Å². The topological polar surface area (TPSA) is 73.6 Å². The average Bonchev–Trinajstić information content (AvgIpc) is 2.58. The van der Waals surface area contributed by atoms with Crippen molar-refractivity contribution in [2.24, 2.45) is 5.84 Å². The number of hydrogen-bond donors (Lipinski definition) is 2. The Hall–Kier alpha value is -2.59. The van der Waals surface area contributed by atoms with Crippen molar-refractivity contribution in [2.75, 3.05) is 6.61 Å². The number of hydrazine groups is 1. The molecule has 2 aromatic rings. The lowest BCUT2D eigenvalue weighted by atomic mass is 10.1. The van der Waals surface area contributed by atoms with Gasteiger partial charge in [0.05, 0.1) is 17.2 Å². The van der Waals surface area contributed by atoms with Crippen LogP contribution in [0.4, 0.5) is 26.7 Å². The second kappa shape index (κ2) is 8.40. The SMILES string of the molecule is NNC(=O)OCCc1cc(F)c(Oc2ccc(Cl)c(C(F)(F)F)c2)c(F)c1.